The van der Waals surface area contributed by atoms with Gasteiger partial charge in [-0.25, -0.2) is 4.21 Å². The van der Waals surface area contributed by atoms with Gasteiger partial charge in [0.25, 0.3) is 11.3 Å². The third-order valence-corrected chi connectivity index (χ3v) is 8.81. The molecule has 5 fully saturated rings. The normalized spacial score (nSPS) is 36.3. The molecule has 4 N–H and O–H groups in total. The number of aromatic nitrogens is 2. The summed E-state index contributed by atoms with van der Waals surface area (Å²) in [5.41, 5.74) is 4.74. The minimum atomic E-state index is -2.25. The van der Waals surface area contributed by atoms with Crippen LogP contribution in [-0.2, 0) is 27.9 Å². The van der Waals surface area contributed by atoms with Gasteiger partial charge in [0.05, 0.1) is 11.6 Å². The van der Waals surface area contributed by atoms with Crippen LogP contribution in [0.4, 0.5) is 5.82 Å². The van der Waals surface area contributed by atoms with Gasteiger partial charge in [-0.15, -0.1) is 0 Å². The van der Waals surface area contributed by atoms with Crippen LogP contribution in [0.3, 0.4) is 0 Å². The fourth-order valence-corrected chi connectivity index (χ4v) is 7.27. The minimum Gasteiger partial charge on any atom is -0.369 e. The van der Waals surface area contributed by atoms with E-state index in [0.717, 1.165) is 32.1 Å². The molecule has 1 aromatic heterocycles. The maximum atomic E-state index is 13.3. The second-order valence-electron chi connectivity index (χ2n) is 9.97. The third kappa shape index (κ3) is 3.07. The zero-order valence-electron chi connectivity index (χ0n) is 17.1. The molecule has 0 saturated heterocycles. The molecule has 10 heteroatoms. The standard InChI is InChI=1S/C20H29N5O4S/c1-24-15(2-5-22-24)25(30(28)29)11-19(3-4-19)18(27)23-16-13-6-12-7-14(16)10-20(8-12,9-13)17(21)26/h2,5,12-14,16H,3-4,6-11H2,1H3,(H2,21,26)(H,23,27)(H,28,29). The molecule has 3 atom stereocenters. The van der Waals surface area contributed by atoms with E-state index < -0.39 is 16.7 Å². The van der Waals surface area contributed by atoms with Crippen molar-refractivity contribution < 1.29 is 18.4 Å². The number of nitrogens with two attached hydrogens (primary N) is 1. The Kier molecular flexibility index (Phi) is 4.52. The van der Waals surface area contributed by atoms with Crippen LogP contribution in [0, 0.1) is 28.6 Å². The van der Waals surface area contributed by atoms with Crippen molar-refractivity contribution in [2.45, 2.75) is 51.0 Å². The molecule has 9 nitrogen and oxygen atoms in total. The van der Waals surface area contributed by atoms with Gasteiger partial charge in [0.2, 0.25) is 11.8 Å². The molecule has 2 amide bonds. The van der Waals surface area contributed by atoms with Gasteiger partial charge in [0, 0.05) is 31.1 Å². The fraction of sp³-hybridized carbons (Fsp3) is 0.750. The molecule has 5 aliphatic carbocycles. The Labute approximate surface area is 178 Å². The molecule has 30 heavy (non-hydrogen) atoms. The monoisotopic (exact) mass is 435 g/mol. The van der Waals surface area contributed by atoms with Crippen LogP contribution in [0.15, 0.2) is 12.3 Å². The maximum Gasteiger partial charge on any atom is 0.263 e. The molecule has 3 unspecified atom stereocenters. The summed E-state index contributed by atoms with van der Waals surface area (Å²) >= 11 is -2.25. The Morgan fingerprint density at radius 1 is 1.33 bits per heavy atom. The van der Waals surface area contributed by atoms with Crippen molar-refractivity contribution in [3.8, 4) is 0 Å². The fourth-order valence-electron chi connectivity index (χ4n) is 6.58. The van der Waals surface area contributed by atoms with E-state index in [1.165, 1.54) is 8.99 Å². The first kappa shape index (κ1) is 20.0. The van der Waals surface area contributed by atoms with Gasteiger partial charge in [-0.1, -0.05) is 0 Å². The van der Waals surface area contributed by atoms with E-state index in [1.54, 1.807) is 19.3 Å². The van der Waals surface area contributed by atoms with E-state index >= 15 is 0 Å². The molecule has 5 aliphatic rings. The van der Waals surface area contributed by atoms with Crippen LogP contribution >= 0.6 is 0 Å². The largest absolute Gasteiger partial charge is 0.369 e. The second kappa shape index (κ2) is 6.78. The highest BCUT2D eigenvalue weighted by atomic mass is 32.2. The number of carbonyl (C=O) groups is 2. The Hall–Kier alpha value is -1.94. The molecule has 5 saturated carbocycles. The van der Waals surface area contributed by atoms with Crippen molar-refractivity contribution in [3.05, 3.63) is 12.3 Å². The van der Waals surface area contributed by atoms with Gasteiger partial charge in [0.15, 0.2) is 0 Å². The van der Waals surface area contributed by atoms with Crippen LogP contribution < -0.4 is 15.4 Å². The number of carbonyl (C=O) groups excluding carboxylic acids is 2. The first-order valence-electron chi connectivity index (χ1n) is 10.7. The Morgan fingerprint density at radius 3 is 2.50 bits per heavy atom. The van der Waals surface area contributed by atoms with Gasteiger partial charge >= 0.3 is 0 Å². The average molecular weight is 436 g/mol. The van der Waals surface area contributed by atoms with Gasteiger partial charge in [-0.3, -0.25) is 23.1 Å². The maximum absolute atomic E-state index is 13.3. The van der Waals surface area contributed by atoms with Crippen molar-refractivity contribution >= 4 is 28.9 Å². The lowest BCUT2D eigenvalue weighted by Gasteiger charge is -2.59. The van der Waals surface area contributed by atoms with Crippen LogP contribution in [0.2, 0.25) is 0 Å². The van der Waals surface area contributed by atoms with Crippen molar-refractivity contribution in [1.82, 2.24) is 15.1 Å². The predicted molar refractivity (Wildman–Crippen MR) is 110 cm³/mol. The first-order chi connectivity index (χ1) is 14.2. The number of hydrogen-bond acceptors (Lipinski definition) is 4. The molecule has 164 valence electrons. The van der Waals surface area contributed by atoms with Crippen molar-refractivity contribution in [1.29, 1.82) is 0 Å². The molecule has 0 aliphatic heterocycles. The van der Waals surface area contributed by atoms with Crippen molar-refractivity contribution in [2.75, 3.05) is 10.8 Å². The van der Waals surface area contributed by atoms with Gasteiger partial charge in [0.1, 0.15) is 5.82 Å². The molecular weight excluding hydrogens is 406 g/mol. The van der Waals surface area contributed by atoms with Gasteiger partial charge < -0.3 is 11.1 Å². The quantitative estimate of drug-likeness (QED) is 0.549. The van der Waals surface area contributed by atoms with E-state index in [4.69, 9.17) is 5.73 Å². The highest BCUT2D eigenvalue weighted by molar-refractivity contribution is 7.80. The minimum absolute atomic E-state index is 0.0364. The number of primary amides is 1. The molecule has 0 radical (unpaired) electrons. The van der Waals surface area contributed by atoms with Crippen LogP contribution in [0.25, 0.3) is 0 Å². The van der Waals surface area contributed by atoms with Crippen LogP contribution in [0.5, 0.6) is 0 Å². The zero-order chi connectivity index (χ0) is 21.3. The van der Waals surface area contributed by atoms with E-state index in [9.17, 15) is 18.4 Å². The third-order valence-electron chi connectivity index (χ3n) is 8.11. The number of aryl methyl sites for hydroxylation is 1. The highest BCUT2D eigenvalue weighted by Crippen LogP contribution is 2.60. The molecule has 1 heterocycles. The molecule has 0 spiro atoms. The van der Waals surface area contributed by atoms with Gasteiger partial charge in [-0.2, -0.15) is 5.10 Å². The SMILES string of the molecule is Cn1nccc1N(CC1(C(=O)NC2C3CC4CC2CC(C(N)=O)(C4)C3)CC1)S(=O)O. The lowest BCUT2D eigenvalue weighted by Crippen LogP contribution is -2.62. The summed E-state index contributed by atoms with van der Waals surface area (Å²) in [6, 6.07) is 1.74. The molecule has 4 bridgehead atoms. The lowest BCUT2D eigenvalue weighted by atomic mass is 9.47. The summed E-state index contributed by atoms with van der Waals surface area (Å²) in [6.45, 7) is 0.178. The molecular formula is C20H29N5O4S. The first-order valence-corrected chi connectivity index (χ1v) is 11.8. The Balaban J connectivity index is 1.31. The van der Waals surface area contributed by atoms with Gasteiger partial charge in [-0.05, 0) is 62.7 Å². The lowest BCUT2D eigenvalue weighted by molar-refractivity contribution is -0.148. The predicted octanol–water partition coefficient (Wildman–Crippen LogP) is 0.940. The summed E-state index contributed by atoms with van der Waals surface area (Å²) in [7, 11) is 1.71. The van der Waals surface area contributed by atoms with Crippen molar-refractivity contribution in [3.63, 3.8) is 0 Å². The summed E-state index contributed by atoms with van der Waals surface area (Å²) in [5.74, 6) is 1.42. The summed E-state index contributed by atoms with van der Waals surface area (Å²) < 4.78 is 24.7. The van der Waals surface area contributed by atoms with E-state index in [2.05, 4.69) is 10.4 Å². The summed E-state index contributed by atoms with van der Waals surface area (Å²) in [6.07, 6.45) is 7.50. The number of amides is 2. The summed E-state index contributed by atoms with van der Waals surface area (Å²) in [4.78, 5) is 25.5. The highest BCUT2D eigenvalue weighted by Gasteiger charge is 2.59. The number of rotatable bonds is 7. The zero-order valence-corrected chi connectivity index (χ0v) is 17.9. The Bertz CT molecular complexity index is 897. The van der Waals surface area contributed by atoms with Crippen LogP contribution in [0.1, 0.15) is 44.9 Å². The van der Waals surface area contributed by atoms with Crippen molar-refractivity contribution in [2.24, 2.45) is 41.4 Å². The average Bonchev–Trinajstić information content (AvgIpc) is 3.35. The van der Waals surface area contributed by atoms with E-state index in [0.29, 0.717) is 36.4 Å². The van der Waals surface area contributed by atoms with E-state index in [1.807, 2.05) is 0 Å². The Morgan fingerprint density at radius 2 is 2.00 bits per heavy atom. The number of anilines is 1. The topological polar surface area (TPSA) is 131 Å². The number of nitrogens with zero attached hydrogens (tertiary/aromatic N) is 3. The summed E-state index contributed by atoms with van der Waals surface area (Å²) in [5, 5.41) is 7.37. The van der Waals surface area contributed by atoms with E-state index in [-0.39, 0.29) is 29.8 Å². The molecule has 0 aromatic carbocycles. The second-order valence-corrected chi connectivity index (χ2v) is 10.9. The number of nitrogens with one attached hydrogen (secondary N) is 1. The van der Waals surface area contributed by atoms with Crippen LogP contribution in [-0.4, -0.2) is 42.9 Å². The molecule has 6 rings (SSSR count). The number of hydrogen-bond donors (Lipinski definition) is 3. The molecule has 1 aromatic rings. The smallest absolute Gasteiger partial charge is 0.263 e.